The number of amides is 1. The topological polar surface area (TPSA) is 85.6 Å². The number of hydrogen-bond acceptors (Lipinski definition) is 5. The number of nitrogens with one attached hydrogen (secondary N) is 1. The number of aromatic nitrogens is 5. The Morgan fingerprint density at radius 2 is 2.15 bits per heavy atom. The van der Waals surface area contributed by atoms with E-state index >= 15 is 0 Å². The molecule has 4 rings (SSSR count). The van der Waals surface area contributed by atoms with Crippen LogP contribution in [-0.4, -0.2) is 30.6 Å². The maximum absolute atomic E-state index is 12.3. The molecule has 1 aliphatic rings. The molecule has 0 bridgehead atoms. The first-order valence-electron chi connectivity index (χ1n) is 9.32. The van der Waals surface area contributed by atoms with E-state index in [1.165, 1.54) is 6.33 Å². The zero-order valence-electron chi connectivity index (χ0n) is 15.1. The molecule has 1 atom stereocenters. The monoisotopic (exact) mass is 362 g/mol. The highest BCUT2D eigenvalue weighted by Gasteiger charge is 2.23. The Kier molecular flexibility index (Phi) is 5.18. The van der Waals surface area contributed by atoms with E-state index in [0.717, 1.165) is 48.3 Å². The molecular weight excluding hydrogens is 340 g/mol. The molecule has 0 unspecified atom stereocenters. The number of rotatable bonds is 6. The summed E-state index contributed by atoms with van der Waals surface area (Å²) in [5.74, 6) is 0.800. The Morgan fingerprint density at radius 3 is 2.96 bits per heavy atom. The van der Waals surface area contributed by atoms with E-state index in [0.29, 0.717) is 13.0 Å². The minimum absolute atomic E-state index is 0.00237. The number of aryl methyl sites for hydroxylation is 2. The van der Waals surface area contributed by atoms with E-state index in [-0.39, 0.29) is 11.9 Å². The van der Waals surface area contributed by atoms with Crippen molar-refractivity contribution >= 4 is 5.91 Å². The quantitative estimate of drug-likeness (QED) is 0.729. The lowest BCUT2D eigenvalue weighted by atomic mass is 9.92. The van der Waals surface area contributed by atoms with Crippen LogP contribution >= 0.6 is 0 Å². The molecule has 1 aromatic carbocycles. The highest BCUT2D eigenvalue weighted by Crippen LogP contribution is 2.29. The molecule has 0 fully saturated rings. The van der Waals surface area contributed by atoms with Gasteiger partial charge in [0.15, 0.2) is 5.82 Å². The molecule has 27 heavy (non-hydrogen) atoms. The van der Waals surface area contributed by atoms with Crippen molar-refractivity contribution in [2.75, 3.05) is 0 Å². The Balaban J connectivity index is 1.40. The van der Waals surface area contributed by atoms with Crippen LogP contribution in [0.15, 0.2) is 49.2 Å². The van der Waals surface area contributed by atoms with Crippen molar-refractivity contribution in [1.29, 1.82) is 0 Å². The van der Waals surface area contributed by atoms with Crippen LogP contribution in [0.1, 0.15) is 43.0 Å². The molecule has 0 saturated carbocycles. The smallest absolute Gasteiger partial charge is 0.220 e. The molecule has 7 nitrogen and oxygen atoms in total. The number of hydrogen-bond donors (Lipinski definition) is 1. The lowest BCUT2D eigenvalue weighted by molar-refractivity contribution is -0.122. The van der Waals surface area contributed by atoms with Crippen LogP contribution in [0.3, 0.4) is 0 Å². The predicted octanol–water partition coefficient (Wildman–Crippen LogP) is 2.71. The number of fused-ring (bicyclic) bond motifs is 1. The van der Waals surface area contributed by atoms with Crippen molar-refractivity contribution in [3.8, 4) is 11.4 Å². The summed E-state index contributed by atoms with van der Waals surface area (Å²) < 4.78 is 1.74. The molecule has 0 radical (unpaired) electrons. The van der Waals surface area contributed by atoms with Crippen molar-refractivity contribution in [1.82, 2.24) is 30.0 Å². The van der Waals surface area contributed by atoms with E-state index in [1.807, 2.05) is 36.5 Å². The van der Waals surface area contributed by atoms with Gasteiger partial charge in [-0.1, -0.05) is 30.3 Å². The summed E-state index contributed by atoms with van der Waals surface area (Å²) in [5.41, 5.74) is 3.10. The average molecular weight is 362 g/mol. The summed E-state index contributed by atoms with van der Waals surface area (Å²) in [5, 5.41) is 7.20. The van der Waals surface area contributed by atoms with Crippen LogP contribution in [-0.2, 0) is 17.8 Å². The van der Waals surface area contributed by atoms with E-state index in [2.05, 4.69) is 20.4 Å². The van der Waals surface area contributed by atoms with Crippen molar-refractivity contribution in [3.05, 3.63) is 60.4 Å². The molecule has 0 spiro atoms. The van der Waals surface area contributed by atoms with Gasteiger partial charge >= 0.3 is 0 Å². The van der Waals surface area contributed by atoms with Gasteiger partial charge in [-0.2, -0.15) is 5.10 Å². The molecule has 2 heterocycles. The Labute approximate surface area is 157 Å². The van der Waals surface area contributed by atoms with Crippen molar-refractivity contribution in [2.24, 2.45) is 0 Å². The summed E-state index contributed by atoms with van der Waals surface area (Å²) in [6.45, 7) is 0.693. The van der Waals surface area contributed by atoms with Crippen LogP contribution < -0.4 is 5.32 Å². The van der Waals surface area contributed by atoms with E-state index in [4.69, 9.17) is 4.98 Å². The van der Waals surface area contributed by atoms with Crippen molar-refractivity contribution in [2.45, 2.75) is 44.7 Å². The SMILES string of the molecule is O=C(CCCn1cncn1)N[C@H]1CCCc2nc(-c3ccccc3)ncc21. The molecule has 1 aliphatic carbocycles. The largest absolute Gasteiger partial charge is 0.349 e. The zero-order valence-corrected chi connectivity index (χ0v) is 15.1. The fraction of sp³-hybridized carbons (Fsp3) is 0.350. The first-order chi connectivity index (χ1) is 13.3. The Hall–Kier alpha value is -3.09. The first-order valence-corrected chi connectivity index (χ1v) is 9.32. The third-order valence-corrected chi connectivity index (χ3v) is 4.81. The maximum Gasteiger partial charge on any atom is 0.220 e. The van der Waals surface area contributed by atoms with Crippen LogP contribution in [0.2, 0.25) is 0 Å². The second kappa shape index (κ2) is 8.07. The molecule has 0 aliphatic heterocycles. The second-order valence-electron chi connectivity index (χ2n) is 6.74. The molecular formula is C20H22N6O. The lowest BCUT2D eigenvalue weighted by Gasteiger charge is -2.25. The molecule has 0 saturated heterocycles. The fourth-order valence-corrected chi connectivity index (χ4v) is 3.44. The van der Waals surface area contributed by atoms with Gasteiger partial charge in [0.25, 0.3) is 0 Å². The van der Waals surface area contributed by atoms with Gasteiger partial charge in [0.05, 0.1) is 6.04 Å². The minimum atomic E-state index is -0.00237. The summed E-state index contributed by atoms with van der Waals surface area (Å²) in [7, 11) is 0. The highest BCUT2D eigenvalue weighted by molar-refractivity contribution is 5.76. The standard InChI is InChI=1S/C20H22N6O/c27-19(10-5-11-26-14-21-13-23-26)24-17-8-4-9-18-16(17)12-22-20(25-18)15-6-2-1-3-7-15/h1-3,6-7,12-14,17H,4-5,8-11H2,(H,24,27)/t17-/m0/s1. The molecule has 138 valence electrons. The Bertz CT molecular complexity index is 894. The van der Waals surface area contributed by atoms with Gasteiger partial charge in [-0.15, -0.1) is 0 Å². The number of carbonyl (C=O) groups is 1. The van der Waals surface area contributed by atoms with Gasteiger partial charge in [0, 0.05) is 36.0 Å². The van der Waals surface area contributed by atoms with Gasteiger partial charge in [-0.3, -0.25) is 9.48 Å². The number of carbonyl (C=O) groups excluding carboxylic acids is 1. The molecule has 1 N–H and O–H groups in total. The van der Waals surface area contributed by atoms with Crippen LogP contribution in [0.5, 0.6) is 0 Å². The fourth-order valence-electron chi connectivity index (χ4n) is 3.44. The van der Waals surface area contributed by atoms with Gasteiger partial charge in [0.1, 0.15) is 12.7 Å². The van der Waals surface area contributed by atoms with E-state index in [9.17, 15) is 4.79 Å². The van der Waals surface area contributed by atoms with Crippen molar-refractivity contribution in [3.63, 3.8) is 0 Å². The zero-order chi connectivity index (χ0) is 18.5. The van der Waals surface area contributed by atoms with Gasteiger partial charge in [0.2, 0.25) is 5.91 Å². The Morgan fingerprint density at radius 1 is 1.26 bits per heavy atom. The second-order valence-corrected chi connectivity index (χ2v) is 6.74. The number of nitrogens with zero attached hydrogens (tertiary/aromatic N) is 5. The molecule has 3 aromatic rings. The minimum Gasteiger partial charge on any atom is -0.349 e. The summed E-state index contributed by atoms with van der Waals surface area (Å²) in [4.78, 5) is 25.5. The lowest BCUT2D eigenvalue weighted by Crippen LogP contribution is -2.31. The summed E-state index contributed by atoms with van der Waals surface area (Å²) in [6.07, 6.45) is 9.12. The predicted molar refractivity (Wildman–Crippen MR) is 101 cm³/mol. The normalized spacial score (nSPS) is 15.9. The average Bonchev–Trinajstić information content (AvgIpc) is 3.22. The third kappa shape index (κ3) is 4.19. The van der Waals surface area contributed by atoms with E-state index < -0.39 is 0 Å². The third-order valence-electron chi connectivity index (χ3n) is 4.81. The molecule has 7 heteroatoms. The van der Waals surface area contributed by atoms with Gasteiger partial charge in [-0.25, -0.2) is 15.0 Å². The van der Waals surface area contributed by atoms with Gasteiger partial charge in [-0.05, 0) is 25.7 Å². The molecule has 2 aromatic heterocycles. The van der Waals surface area contributed by atoms with Crippen LogP contribution in [0.25, 0.3) is 11.4 Å². The summed E-state index contributed by atoms with van der Waals surface area (Å²) >= 11 is 0. The van der Waals surface area contributed by atoms with Crippen LogP contribution in [0, 0.1) is 0 Å². The number of benzene rings is 1. The highest BCUT2D eigenvalue weighted by atomic mass is 16.1. The summed E-state index contributed by atoms with van der Waals surface area (Å²) in [6, 6.07) is 9.98. The van der Waals surface area contributed by atoms with E-state index in [1.54, 1.807) is 11.0 Å². The first kappa shape index (κ1) is 17.3. The maximum atomic E-state index is 12.3. The van der Waals surface area contributed by atoms with Crippen molar-refractivity contribution < 1.29 is 4.79 Å². The van der Waals surface area contributed by atoms with Crippen LogP contribution in [0.4, 0.5) is 0 Å². The molecule has 1 amide bonds. The van der Waals surface area contributed by atoms with Gasteiger partial charge < -0.3 is 5.32 Å².